The number of nitrogens with two attached hydrogens (primary N) is 1. The molecule has 1 aromatic rings. The Bertz CT molecular complexity index is 269. The first-order valence-electron chi connectivity index (χ1n) is 3.69. The third-order valence-electron chi connectivity index (χ3n) is 1.62. The normalized spacial score (nSPS) is 12.1. The fraction of sp³-hybridized carbons (Fsp3) is 0.375. The molecule has 0 radical (unpaired) electrons. The van der Waals surface area contributed by atoms with Crippen LogP contribution < -0.4 is 10.5 Å². The lowest BCUT2D eigenvalue weighted by atomic mass is 10.1. The molecule has 80 valence electrons. The average Bonchev–Trinajstić information content (AvgIpc) is 2.17. The van der Waals surface area contributed by atoms with Gasteiger partial charge in [0.1, 0.15) is 0 Å². The van der Waals surface area contributed by atoms with Gasteiger partial charge in [-0.05, 0) is 5.56 Å². The number of aromatic nitrogens is 1. The SMILES string of the molecule is COc1ccc([C@@H](N)C(F)F)cn1.Cl. The number of rotatable bonds is 3. The summed E-state index contributed by atoms with van der Waals surface area (Å²) in [5.74, 6) is 0.380. The van der Waals surface area contributed by atoms with E-state index in [2.05, 4.69) is 4.98 Å². The van der Waals surface area contributed by atoms with E-state index in [0.29, 0.717) is 11.4 Å². The molecular weight excluding hydrogens is 214 g/mol. The Hall–Kier alpha value is -0.940. The minimum absolute atomic E-state index is 0. The second-order valence-corrected chi connectivity index (χ2v) is 2.49. The third-order valence-corrected chi connectivity index (χ3v) is 1.62. The van der Waals surface area contributed by atoms with Gasteiger partial charge in [-0.25, -0.2) is 13.8 Å². The third kappa shape index (κ3) is 3.08. The molecule has 14 heavy (non-hydrogen) atoms. The molecule has 1 heterocycles. The summed E-state index contributed by atoms with van der Waals surface area (Å²) in [5.41, 5.74) is 5.50. The summed E-state index contributed by atoms with van der Waals surface area (Å²) in [5, 5.41) is 0. The lowest BCUT2D eigenvalue weighted by Crippen LogP contribution is -2.18. The van der Waals surface area contributed by atoms with Crippen LogP contribution in [-0.4, -0.2) is 18.5 Å². The number of nitrogens with zero attached hydrogens (tertiary/aromatic N) is 1. The van der Waals surface area contributed by atoms with Crippen LogP contribution in [0.5, 0.6) is 5.88 Å². The second kappa shape index (κ2) is 5.72. The number of methoxy groups -OCH3 is 1. The molecule has 2 N–H and O–H groups in total. The number of pyridine rings is 1. The maximum Gasteiger partial charge on any atom is 0.257 e. The van der Waals surface area contributed by atoms with E-state index in [1.807, 2.05) is 0 Å². The Morgan fingerprint density at radius 2 is 2.07 bits per heavy atom. The highest BCUT2D eigenvalue weighted by Gasteiger charge is 2.17. The molecule has 0 unspecified atom stereocenters. The summed E-state index contributed by atoms with van der Waals surface area (Å²) in [6.45, 7) is 0. The highest BCUT2D eigenvalue weighted by Crippen LogP contribution is 2.18. The van der Waals surface area contributed by atoms with E-state index in [0.717, 1.165) is 0 Å². The van der Waals surface area contributed by atoms with E-state index in [9.17, 15) is 8.78 Å². The van der Waals surface area contributed by atoms with Gasteiger partial charge in [-0.3, -0.25) is 0 Å². The Morgan fingerprint density at radius 1 is 1.43 bits per heavy atom. The number of hydrogen-bond donors (Lipinski definition) is 1. The smallest absolute Gasteiger partial charge is 0.257 e. The Kier molecular flexibility index (Phi) is 5.34. The summed E-state index contributed by atoms with van der Waals surface area (Å²) < 4.78 is 29.0. The lowest BCUT2D eigenvalue weighted by molar-refractivity contribution is 0.116. The second-order valence-electron chi connectivity index (χ2n) is 2.49. The molecular formula is C8H11ClF2N2O. The minimum atomic E-state index is -2.57. The van der Waals surface area contributed by atoms with E-state index in [-0.39, 0.29) is 12.4 Å². The molecule has 0 saturated carbocycles. The van der Waals surface area contributed by atoms with Crippen LogP contribution in [0.4, 0.5) is 8.78 Å². The van der Waals surface area contributed by atoms with Crippen molar-refractivity contribution in [3.8, 4) is 5.88 Å². The number of hydrogen-bond acceptors (Lipinski definition) is 3. The van der Waals surface area contributed by atoms with Crippen molar-refractivity contribution in [2.75, 3.05) is 7.11 Å². The van der Waals surface area contributed by atoms with Gasteiger partial charge in [0, 0.05) is 12.3 Å². The van der Waals surface area contributed by atoms with Crippen molar-refractivity contribution < 1.29 is 13.5 Å². The first kappa shape index (κ1) is 13.1. The maximum atomic E-state index is 12.1. The van der Waals surface area contributed by atoms with Gasteiger partial charge in [0.25, 0.3) is 6.43 Å². The molecule has 0 aliphatic carbocycles. The van der Waals surface area contributed by atoms with Crippen LogP contribution in [-0.2, 0) is 0 Å². The van der Waals surface area contributed by atoms with Crippen LogP contribution in [0.1, 0.15) is 11.6 Å². The fourth-order valence-corrected chi connectivity index (χ4v) is 0.855. The van der Waals surface area contributed by atoms with Crippen LogP contribution >= 0.6 is 12.4 Å². The largest absolute Gasteiger partial charge is 0.481 e. The van der Waals surface area contributed by atoms with Gasteiger partial charge >= 0.3 is 0 Å². The predicted molar refractivity (Wildman–Crippen MR) is 51.0 cm³/mol. The van der Waals surface area contributed by atoms with Crippen LogP contribution in [0.2, 0.25) is 0 Å². The Labute approximate surface area is 86.7 Å². The molecule has 0 spiro atoms. The van der Waals surface area contributed by atoms with Gasteiger partial charge in [-0.2, -0.15) is 0 Å². The van der Waals surface area contributed by atoms with Gasteiger partial charge in [0.2, 0.25) is 5.88 Å². The van der Waals surface area contributed by atoms with Crippen LogP contribution in [0.15, 0.2) is 18.3 Å². The van der Waals surface area contributed by atoms with E-state index >= 15 is 0 Å². The standard InChI is InChI=1S/C8H10F2N2O.ClH/c1-13-6-3-2-5(4-12-6)7(11)8(9)10;/h2-4,7-8H,11H2,1H3;1H/t7-;/m1./s1. The zero-order valence-electron chi connectivity index (χ0n) is 7.48. The van der Waals surface area contributed by atoms with Gasteiger partial charge in [0.05, 0.1) is 13.2 Å². The van der Waals surface area contributed by atoms with Gasteiger partial charge in [-0.1, -0.05) is 6.07 Å². The fourth-order valence-electron chi connectivity index (χ4n) is 0.855. The lowest BCUT2D eigenvalue weighted by Gasteiger charge is -2.09. The summed E-state index contributed by atoms with van der Waals surface area (Å²) in [6, 6.07) is 1.69. The van der Waals surface area contributed by atoms with Crippen molar-refractivity contribution in [2.24, 2.45) is 5.73 Å². The van der Waals surface area contributed by atoms with Gasteiger partial charge in [-0.15, -0.1) is 12.4 Å². The molecule has 3 nitrogen and oxygen atoms in total. The van der Waals surface area contributed by atoms with E-state index < -0.39 is 12.5 Å². The molecule has 0 aliphatic rings. The Morgan fingerprint density at radius 3 is 2.43 bits per heavy atom. The van der Waals surface area contributed by atoms with Crippen LogP contribution in [0.3, 0.4) is 0 Å². The highest BCUT2D eigenvalue weighted by molar-refractivity contribution is 5.85. The van der Waals surface area contributed by atoms with Crippen molar-refractivity contribution in [1.29, 1.82) is 0 Å². The van der Waals surface area contributed by atoms with Gasteiger partial charge in [0.15, 0.2) is 0 Å². The topological polar surface area (TPSA) is 48.1 Å². The molecule has 1 atom stereocenters. The van der Waals surface area contributed by atoms with Crippen molar-refractivity contribution >= 4 is 12.4 Å². The molecule has 0 aromatic carbocycles. The summed E-state index contributed by atoms with van der Waals surface area (Å²) in [4.78, 5) is 3.77. The van der Waals surface area contributed by atoms with Crippen LogP contribution in [0.25, 0.3) is 0 Å². The molecule has 0 bridgehead atoms. The molecule has 0 amide bonds. The van der Waals surface area contributed by atoms with E-state index in [1.54, 1.807) is 0 Å². The predicted octanol–water partition coefficient (Wildman–Crippen LogP) is 1.78. The molecule has 1 rings (SSSR count). The molecule has 0 saturated heterocycles. The minimum Gasteiger partial charge on any atom is -0.481 e. The highest BCUT2D eigenvalue weighted by atomic mass is 35.5. The number of ether oxygens (including phenoxy) is 1. The van der Waals surface area contributed by atoms with Crippen molar-refractivity contribution in [2.45, 2.75) is 12.5 Å². The summed E-state index contributed by atoms with van der Waals surface area (Å²) in [6.07, 6.45) is -1.29. The van der Waals surface area contributed by atoms with Crippen molar-refractivity contribution in [3.63, 3.8) is 0 Å². The zero-order valence-corrected chi connectivity index (χ0v) is 8.30. The first-order valence-corrected chi connectivity index (χ1v) is 3.69. The maximum absolute atomic E-state index is 12.1. The van der Waals surface area contributed by atoms with Crippen molar-refractivity contribution in [3.05, 3.63) is 23.9 Å². The summed E-state index contributed by atoms with van der Waals surface area (Å²) in [7, 11) is 1.45. The van der Waals surface area contributed by atoms with E-state index in [4.69, 9.17) is 10.5 Å². The van der Waals surface area contributed by atoms with Gasteiger partial charge < -0.3 is 10.5 Å². The average molecular weight is 225 g/mol. The van der Waals surface area contributed by atoms with E-state index in [1.165, 1.54) is 25.4 Å². The first-order chi connectivity index (χ1) is 6.15. The quantitative estimate of drug-likeness (QED) is 0.852. The molecule has 0 fully saturated rings. The van der Waals surface area contributed by atoms with Crippen molar-refractivity contribution in [1.82, 2.24) is 4.98 Å². The monoisotopic (exact) mass is 224 g/mol. The number of halogens is 3. The number of alkyl halides is 2. The summed E-state index contributed by atoms with van der Waals surface area (Å²) >= 11 is 0. The molecule has 0 aliphatic heterocycles. The molecule has 1 aromatic heterocycles. The Balaban J connectivity index is 0.00000169. The molecule has 6 heteroatoms. The zero-order chi connectivity index (χ0) is 9.84. The van der Waals surface area contributed by atoms with Crippen LogP contribution in [0, 0.1) is 0 Å².